The molecule has 11 heavy (non-hydrogen) atoms. The summed E-state index contributed by atoms with van der Waals surface area (Å²) in [7, 11) is 0. The maximum Gasteiger partial charge on any atom is -0.0147 e. The van der Waals surface area contributed by atoms with Crippen molar-refractivity contribution in [3.05, 3.63) is 34.9 Å². The van der Waals surface area contributed by atoms with Crippen LogP contribution in [0.25, 0.3) is 0 Å². The number of fused-ring (bicyclic) bond motifs is 1. The summed E-state index contributed by atoms with van der Waals surface area (Å²) in [5, 5.41) is 0. The van der Waals surface area contributed by atoms with Crippen molar-refractivity contribution in [1.29, 1.82) is 0 Å². The minimum Gasteiger partial charge on any atom is -0.0617 e. The summed E-state index contributed by atoms with van der Waals surface area (Å²) < 4.78 is 0. The molecule has 58 valence electrons. The molecule has 0 heteroatoms. The summed E-state index contributed by atoms with van der Waals surface area (Å²) in [5.74, 6) is 0.816. The quantitative estimate of drug-likeness (QED) is 0.571. The molecule has 2 rings (SSSR count). The van der Waals surface area contributed by atoms with Crippen LogP contribution in [0.15, 0.2) is 18.2 Å². The predicted octanol–water partition coefficient (Wildman–Crippen LogP) is 2.91. The average molecular weight is 146 g/mol. The topological polar surface area (TPSA) is 0 Å². The highest BCUT2D eigenvalue weighted by Crippen LogP contribution is 2.36. The first-order valence-corrected chi connectivity index (χ1v) is 4.43. The van der Waals surface area contributed by atoms with E-state index in [-0.39, 0.29) is 0 Å². The van der Waals surface area contributed by atoms with Crippen molar-refractivity contribution < 1.29 is 0 Å². The highest BCUT2D eigenvalue weighted by molar-refractivity contribution is 5.45. The minimum atomic E-state index is 0.816. The molecule has 0 amide bonds. The fraction of sp³-hybridized carbons (Fsp3) is 0.455. The van der Waals surface area contributed by atoms with E-state index in [1.807, 2.05) is 0 Å². The minimum absolute atomic E-state index is 0.816. The Balaban J connectivity index is 2.47. The Morgan fingerprint density at radius 2 is 2.27 bits per heavy atom. The first kappa shape index (κ1) is 6.90. The van der Waals surface area contributed by atoms with Gasteiger partial charge in [-0.25, -0.2) is 0 Å². The molecule has 0 nitrogen and oxygen atoms in total. The Bertz CT molecular complexity index is 259. The van der Waals surface area contributed by atoms with Crippen LogP contribution in [0.1, 0.15) is 36.5 Å². The molecule has 0 heterocycles. The van der Waals surface area contributed by atoms with Gasteiger partial charge in [-0.2, -0.15) is 0 Å². The van der Waals surface area contributed by atoms with Crippen LogP contribution in [0.3, 0.4) is 0 Å². The van der Waals surface area contributed by atoms with Gasteiger partial charge >= 0.3 is 0 Å². The van der Waals surface area contributed by atoms with Crippen LogP contribution in [0.2, 0.25) is 0 Å². The molecule has 1 aromatic carbocycles. The van der Waals surface area contributed by atoms with E-state index in [0.29, 0.717) is 0 Å². The van der Waals surface area contributed by atoms with Crippen molar-refractivity contribution in [2.45, 2.75) is 32.6 Å². The summed E-state index contributed by atoms with van der Waals surface area (Å²) in [6.45, 7) is 4.54. The van der Waals surface area contributed by atoms with Gasteiger partial charge in [-0.1, -0.05) is 32.0 Å². The Kier molecular flexibility index (Phi) is 1.49. The maximum absolute atomic E-state index is 2.31. The molecule has 1 aliphatic rings. The third-order valence-electron chi connectivity index (χ3n) is 2.73. The molecule has 1 aliphatic carbocycles. The van der Waals surface area contributed by atoms with Gasteiger partial charge in [0.05, 0.1) is 0 Å². The smallest absolute Gasteiger partial charge is 0.0147 e. The number of benzene rings is 1. The summed E-state index contributed by atoms with van der Waals surface area (Å²) >= 11 is 0. The second-order valence-electron chi connectivity index (χ2n) is 3.44. The molecule has 1 atom stereocenters. The SMILES string of the molecule is CCc1cccc2c1CC2C. The van der Waals surface area contributed by atoms with E-state index >= 15 is 0 Å². The molecule has 0 saturated heterocycles. The molecule has 0 aliphatic heterocycles. The average Bonchev–Trinajstić information content (AvgIpc) is 2.03. The molecule has 0 spiro atoms. The lowest BCUT2D eigenvalue weighted by atomic mass is 9.76. The van der Waals surface area contributed by atoms with Crippen molar-refractivity contribution in [3.8, 4) is 0 Å². The van der Waals surface area contributed by atoms with Crippen LogP contribution in [0.4, 0.5) is 0 Å². The normalized spacial score (nSPS) is 20.7. The lowest BCUT2D eigenvalue weighted by Gasteiger charge is -2.29. The number of rotatable bonds is 1. The van der Waals surface area contributed by atoms with Gasteiger partial charge < -0.3 is 0 Å². The van der Waals surface area contributed by atoms with E-state index in [1.54, 1.807) is 16.7 Å². The standard InChI is InChI=1S/C11H14/c1-3-9-5-4-6-10-8(2)7-11(9)10/h4-6,8H,3,7H2,1-2H3. The van der Waals surface area contributed by atoms with Crippen molar-refractivity contribution in [3.63, 3.8) is 0 Å². The lowest BCUT2D eigenvalue weighted by Crippen LogP contribution is -2.16. The highest BCUT2D eigenvalue weighted by Gasteiger charge is 2.23. The Hall–Kier alpha value is -0.780. The molecule has 0 saturated carbocycles. The fourth-order valence-corrected chi connectivity index (χ4v) is 1.98. The van der Waals surface area contributed by atoms with Crippen LogP contribution in [-0.4, -0.2) is 0 Å². The third-order valence-corrected chi connectivity index (χ3v) is 2.73. The van der Waals surface area contributed by atoms with E-state index < -0.39 is 0 Å². The maximum atomic E-state index is 2.31. The second-order valence-corrected chi connectivity index (χ2v) is 3.44. The zero-order valence-electron chi connectivity index (χ0n) is 7.22. The van der Waals surface area contributed by atoms with E-state index in [4.69, 9.17) is 0 Å². The van der Waals surface area contributed by atoms with Crippen molar-refractivity contribution in [2.24, 2.45) is 0 Å². The van der Waals surface area contributed by atoms with Gasteiger partial charge in [-0.15, -0.1) is 0 Å². The molecule has 0 fully saturated rings. The van der Waals surface area contributed by atoms with E-state index in [0.717, 1.165) is 5.92 Å². The first-order valence-electron chi connectivity index (χ1n) is 4.43. The summed E-state index contributed by atoms with van der Waals surface area (Å²) in [4.78, 5) is 0. The van der Waals surface area contributed by atoms with Crippen LogP contribution >= 0.6 is 0 Å². The van der Waals surface area contributed by atoms with E-state index in [1.165, 1.54) is 12.8 Å². The molecule has 0 aromatic heterocycles. The van der Waals surface area contributed by atoms with Gasteiger partial charge in [0.2, 0.25) is 0 Å². The Morgan fingerprint density at radius 1 is 1.45 bits per heavy atom. The van der Waals surface area contributed by atoms with Crippen LogP contribution in [0, 0.1) is 0 Å². The third kappa shape index (κ3) is 0.891. The van der Waals surface area contributed by atoms with Crippen molar-refractivity contribution in [1.82, 2.24) is 0 Å². The van der Waals surface area contributed by atoms with Crippen LogP contribution < -0.4 is 0 Å². The molecule has 1 unspecified atom stereocenters. The lowest BCUT2D eigenvalue weighted by molar-refractivity contribution is 0.657. The zero-order valence-corrected chi connectivity index (χ0v) is 7.22. The summed E-state index contributed by atoms with van der Waals surface area (Å²) in [5.41, 5.74) is 4.77. The van der Waals surface area contributed by atoms with Crippen molar-refractivity contribution >= 4 is 0 Å². The van der Waals surface area contributed by atoms with Gasteiger partial charge in [-0.3, -0.25) is 0 Å². The predicted molar refractivity (Wildman–Crippen MR) is 47.9 cm³/mol. The monoisotopic (exact) mass is 146 g/mol. The van der Waals surface area contributed by atoms with E-state index in [2.05, 4.69) is 32.0 Å². The summed E-state index contributed by atoms with van der Waals surface area (Å²) in [6, 6.07) is 6.71. The molecule has 0 radical (unpaired) electrons. The highest BCUT2D eigenvalue weighted by atomic mass is 14.3. The number of hydrogen-bond acceptors (Lipinski definition) is 0. The second kappa shape index (κ2) is 2.37. The van der Waals surface area contributed by atoms with Gasteiger partial charge in [0.1, 0.15) is 0 Å². The largest absolute Gasteiger partial charge is 0.0617 e. The summed E-state index contributed by atoms with van der Waals surface area (Å²) in [6.07, 6.45) is 2.50. The van der Waals surface area contributed by atoms with Gasteiger partial charge in [0.15, 0.2) is 0 Å². The Morgan fingerprint density at radius 3 is 2.91 bits per heavy atom. The molecular formula is C11H14. The van der Waals surface area contributed by atoms with E-state index in [9.17, 15) is 0 Å². The van der Waals surface area contributed by atoms with Crippen LogP contribution in [-0.2, 0) is 12.8 Å². The van der Waals surface area contributed by atoms with Gasteiger partial charge in [0.25, 0.3) is 0 Å². The van der Waals surface area contributed by atoms with Gasteiger partial charge in [-0.05, 0) is 35.4 Å². The fourth-order valence-electron chi connectivity index (χ4n) is 1.98. The molecular weight excluding hydrogens is 132 g/mol. The molecule has 0 bridgehead atoms. The molecule has 1 aromatic rings. The number of hydrogen-bond donors (Lipinski definition) is 0. The van der Waals surface area contributed by atoms with Crippen molar-refractivity contribution in [2.75, 3.05) is 0 Å². The zero-order chi connectivity index (χ0) is 7.84. The van der Waals surface area contributed by atoms with Crippen LogP contribution in [0.5, 0.6) is 0 Å². The Labute approximate surface area is 68.3 Å². The molecule has 0 N–H and O–H groups in total. The number of aryl methyl sites for hydroxylation is 1. The first-order chi connectivity index (χ1) is 5.33. The van der Waals surface area contributed by atoms with Gasteiger partial charge in [0, 0.05) is 0 Å².